The Morgan fingerprint density at radius 3 is 2.84 bits per heavy atom. The van der Waals surface area contributed by atoms with Crippen molar-refractivity contribution in [3.63, 3.8) is 0 Å². The predicted molar refractivity (Wildman–Crippen MR) is 68.7 cm³/mol. The molecule has 0 aromatic heterocycles. The average Bonchev–Trinajstić information content (AvgIpc) is 2.57. The SMILES string of the molecule is O=C(O)CCCCCNC(=O)N1CCCNC(=O)C1. The van der Waals surface area contributed by atoms with E-state index in [9.17, 15) is 14.4 Å². The third-order valence-corrected chi connectivity index (χ3v) is 2.89. The highest BCUT2D eigenvalue weighted by Crippen LogP contribution is 2.00. The summed E-state index contributed by atoms with van der Waals surface area (Å²) in [6, 6.07) is -0.227. The number of nitrogens with zero attached hydrogens (tertiary/aromatic N) is 1. The van der Waals surface area contributed by atoms with E-state index in [0.717, 1.165) is 19.3 Å². The van der Waals surface area contributed by atoms with Gasteiger partial charge < -0.3 is 20.6 Å². The molecule has 1 aliphatic rings. The summed E-state index contributed by atoms with van der Waals surface area (Å²) in [6.45, 7) is 1.79. The zero-order chi connectivity index (χ0) is 14.1. The Bertz CT molecular complexity index is 333. The Morgan fingerprint density at radius 1 is 1.32 bits per heavy atom. The lowest BCUT2D eigenvalue weighted by molar-refractivity contribution is -0.137. The Kier molecular flexibility index (Phi) is 6.70. The third-order valence-electron chi connectivity index (χ3n) is 2.89. The van der Waals surface area contributed by atoms with Crippen LogP contribution in [0, 0.1) is 0 Å². The summed E-state index contributed by atoms with van der Waals surface area (Å²) in [6.07, 6.45) is 3.07. The van der Waals surface area contributed by atoms with E-state index in [1.54, 1.807) is 0 Å². The van der Waals surface area contributed by atoms with Gasteiger partial charge in [-0.1, -0.05) is 6.42 Å². The minimum Gasteiger partial charge on any atom is -0.481 e. The van der Waals surface area contributed by atoms with Gasteiger partial charge in [-0.25, -0.2) is 4.79 Å². The summed E-state index contributed by atoms with van der Waals surface area (Å²) >= 11 is 0. The predicted octanol–water partition coefficient (Wildman–Crippen LogP) is 0.163. The van der Waals surface area contributed by atoms with E-state index in [0.29, 0.717) is 26.1 Å². The molecule has 0 aromatic carbocycles. The van der Waals surface area contributed by atoms with E-state index in [1.807, 2.05) is 0 Å². The van der Waals surface area contributed by atoms with Gasteiger partial charge in [0.15, 0.2) is 0 Å². The summed E-state index contributed by atoms with van der Waals surface area (Å²) in [5.41, 5.74) is 0. The van der Waals surface area contributed by atoms with Crippen LogP contribution in [0.3, 0.4) is 0 Å². The first-order valence-electron chi connectivity index (χ1n) is 6.61. The number of carbonyl (C=O) groups excluding carboxylic acids is 2. The number of carboxylic acids is 1. The van der Waals surface area contributed by atoms with Crippen molar-refractivity contribution >= 4 is 17.9 Å². The highest BCUT2D eigenvalue weighted by Gasteiger charge is 2.18. The fraction of sp³-hybridized carbons (Fsp3) is 0.750. The van der Waals surface area contributed by atoms with Crippen LogP contribution < -0.4 is 10.6 Å². The van der Waals surface area contributed by atoms with Crippen LogP contribution in [0.2, 0.25) is 0 Å². The average molecular weight is 271 g/mol. The zero-order valence-corrected chi connectivity index (χ0v) is 11.0. The largest absolute Gasteiger partial charge is 0.481 e. The Balaban J connectivity index is 2.12. The zero-order valence-electron chi connectivity index (χ0n) is 11.0. The molecule has 3 amide bonds. The van der Waals surface area contributed by atoms with Gasteiger partial charge in [0, 0.05) is 26.1 Å². The van der Waals surface area contributed by atoms with Gasteiger partial charge in [-0.05, 0) is 19.3 Å². The molecule has 1 aliphatic heterocycles. The minimum atomic E-state index is -0.792. The normalized spacial score (nSPS) is 15.6. The molecule has 7 nitrogen and oxygen atoms in total. The van der Waals surface area contributed by atoms with Crippen LogP contribution in [-0.2, 0) is 9.59 Å². The van der Waals surface area contributed by atoms with Gasteiger partial charge in [-0.2, -0.15) is 0 Å². The lowest BCUT2D eigenvalue weighted by Crippen LogP contribution is -2.43. The van der Waals surface area contributed by atoms with Crippen molar-refractivity contribution in [2.75, 3.05) is 26.2 Å². The molecule has 3 N–H and O–H groups in total. The number of nitrogens with one attached hydrogen (secondary N) is 2. The molecule has 1 rings (SSSR count). The van der Waals surface area contributed by atoms with Crippen LogP contribution >= 0.6 is 0 Å². The second kappa shape index (κ2) is 8.34. The first kappa shape index (κ1) is 15.3. The molecule has 0 spiro atoms. The molecule has 1 saturated heterocycles. The standard InChI is InChI=1S/C12H21N3O4/c16-10-9-15(8-4-7-13-10)12(19)14-6-3-1-2-5-11(17)18/h1-9H2,(H,13,16)(H,14,19)(H,17,18). The lowest BCUT2D eigenvalue weighted by Gasteiger charge is -2.19. The minimum absolute atomic E-state index is 0.102. The Morgan fingerprint density at radius 2 is 2.11 bits per heavy atom. The quantitative estimate of drug-likeness (QED) is 0.599. The smallest absolute Gasteiger partial charge is 0.317 e. The van der Waals surface area contributed by atoms with Crippen molar-refractivity contribution in [3.05, 3.63) is 0 Å². The summed E-state index contributed by atoms with van der Waals surface area (Å²) in [7, 11) is 0. The van der Waals surface area contributed by atoms with Gasteiger partial charge in [0.2, 0.25) is 5.91 Å². The molecular weight excluding hydrogens is 250 g/mol. The molecule has 0 aromatic rings. The van der Waals surface area contributed by atoms with Gasteiger partial charge in [-0.3, -0.25) is 9.59 Å². The summed E-state index contributed by atoms with van der Waals surface area (Å²) < 4.78 is 0. The molecule has 0 aliphatic carbocycles. The third kappa shape index (κ3) is 6.64. The van der Waals surface area contributed by atoms with Crippen LogP contribution in [-0.4, -0.2) is 54.1 Å². The van der Waals surface area contributed by atoms with Crippen LogP contribution in [0.15, 0.2) is 0 Å². The highest BCUT2D eigenvalue weighted by molar-refractivity contribution is 5.84. The molecule has 0 radical (unpaired) electrons. The van der Waals surface area contributed by atoms with Gasteiger partial charge in [0.05, 0.1) is 0 Å². The maximum Gasteiger partial charge on any atom is 0.317 e. The number of rotatable bonds is 6. The van der Waals surface area contributed by atoms with E-state index in [1.165, 1.54) is 4.90 Å². The number of urea groups is 1. The number of amides is 3. The second-order valence-corrected chi connectivity index (χ2v) is 4.56. The maximum atomic E-state index is 11.8. The molecule has 7 heteroatoms. The van der Waals surface area contributed by atoms with Gasteiger partial charge >= 0.3 is 12.0 Å². The van der Waals surface area contributed by atoms with Crippen molar-refractivity contribution in [1.29, 1.82) is 0 Å². The molecular formula is C12H21N3O4. The highest BCUT2D eigenvalue weighted by atomic mass is 16.4. The summed E-state index contributed by atoms with van der Waals surface area (Å²) in [5, 5.41) is 13.9. The van der Waals surface area contributed by atoms with Gasteiger partial charge in [0.25, 0.3) is 0 Å². The topological polar surface area (TPSA) is 98.7 Å². The molecule has 1 fully saturated rings. The number of hydrogen-bond acceptors (Lipinski definition) is 3. The molecule has 1 heterocycles. The molecule has 108 valence electrons. The number of aliphatic carboxylic acids is 1. The van der Waals surface area contributed by atoms with Crippen LogP contribution in [0.4, 0.5) is 4.79 Å². The molecule has 0 bridgehead atoms. The van der Waals surface area contributed by atoms with E-state index in [2.05, 4.69) is 10.6 Å². The number of hydrogen-bond donors (Lipinski definition) is 3. The monoisotopic (exact) mass is 271 g/mol. The first-order valence-corrected chi connectivity index (χ1v) is 6.61. The molecule has 0 saturated carbocycles. The number of carboxylic acid groups (broad SMARTS) is 1. The van der Waals surface area contributed by atoms with Crippen molar-refractivity contribution in [1.82, 2.24) is 15.5 Å². The molecule has 19 heavy (non-hydrogen) atoms. The van der Waals surface area contributed by atoms with Gasteiger partial charge in [-0.15, -0.1) is 0 Å². The fourth-order valence-corrected chi connectivity index (χ4v) is 1.86. The first-order chi connectivity index (χ1) is 9.09. The van der Waals surface area contributed by atoms with Crippen LogP contribution in [0.5, 0.6) is 0 Å². The van der Waals surface area contributed by atoms with Crippen molar-refractivity contribution in [2.45, 2.75) is 32.1 Å². The molecule has 0 unspecified atom stereocenters. The fourth-order valence-electron chi connectivity index (χ4n) is 1.86. The van der Waals surface area contributed by atoms with Crippen molar-refractivity contribution in [3.8, 4) is 0 Å². The number of unbranched alkanes of at least 4 members (excludes halogenated alkanes) is 2. The summed E-state index contributed by atoms with van der Waals surface area (Å²) in [4.78, 5) is 34.9. The lowest BCUT2D eigenvalue weighted by atomic mass is 10.2. The summed E-state index contributed by atoms with van der Waals surface area (Å²) in [5.74, 6) is -0.922. The van der Waals surface area contributed by atoms with Crippen LogP contribution in [0.1, 0.15) is 32.1 Å². The van der Waals surface area contributed by atoms with Crippen molar-refractivity contribution < 1.29 is 19.5 Å². The Labute approximate surface area is 112 Å². The van der Waals surface area contributed by atoms with Crippen molar-refractivity contribution in [2.24, 2.45) is 0 Å². The maximum absolute atomic E-state index is 11.8. The van der Waals surface area contributed by atoms with Crippen LogP contribution in [0.25, 0.3) is 0 Å². The Hall–Kier alpha value is -1.79. The van der Waals surface area contributed by atoms with Gasteiger partial charge in [0.1, 0.15) is 6.54 Å². The van der Waals surface area contributed by atoms with E-state index in [-0.39, 0.29) is 24.9 Å². The second-order valence-electron chi connectivity index (χ2n) is 4.56. The van der Waals surface area contributed by atoms with E-state index >= 15 is 0 Å². The van der Waals surface area contributed by atoms with E-state index < -0.39 is 5.97 Å². The van der Waals surface area contributed by atoms with E-state index in [4.69, 9.17) is 5.11 Å². The number of carbonyl (C=O) groups is 3. The molecule has 0 atom stereocenters.